The third-order valence-corrected chi connectivity index (χ3v) is 6.76. The van der Waals surface area contributed by atoms with Crippen LogP contribution in [0.4, 0.5) is 5.82 Å². The van der Waals surface area contributed by atoms with Crippen molar-refractivity contribution in [1.82, 2.24) is 14.9 Å². The summed E-state index contributed by atoms with van der Waals surface area (Å²) in [6.45, 7) is 5.89. The molecule has 2 unspecified atom stereocenters. The molecule has 0 radical (unpaired) electrons. The van der Waals surface area contributed by atoms with Crippen molar-refractivity contribution in [2.75, 3.05) is 37.3 Å². The molecular formula is C19H28N4OS. The summed E-state index contributed by atoms with van der Waals surface area (Å²) in [5.74, 6) is 3.21. The van der Waals surface area contributed by atoms with Crippen LogP contribution in [0.5, 0.6) is 0 Å². The van der Waals surface area contributed by atoms with Crippen molar-refractivity contribution in [3.63, 3.8) is 0 Å². The zero-order chi connectivity index (χ0) is 17.4. The van der Waals surface area contributed by atoms with Crippen molar-refractivity contribution in [2.24, 2.45) is 17.8 Å². The average Bonchev–Trinajstić information content (AvgIpc) is 3.22. The SMILES string of the molecule is CSc1nc(C)cc(N2CCC(C(=O)N3CC4CCCC4C3)CC2)n1. The van der Waals surface area contributed by atoms with E-state index < -0.39 is 0 Å². The lowest BCUT2D eigenvalue weighted by atomic mass is 9.95. The summed E-state index contributed by atoms with van der Waals surface area (Å²) >= 11 is 1.58. The third-order valence-electron chi connectivity index (χ3n) is 6.21. The lowest BCUT2D eigenvalue weighted by Gasteiger charge is -2.34. The van der Waals surface area contributed by atoms with Gasteiger partial charge in [-0.1, -0.05) is 18.2 Å². The van der Waals surface area contributed by atoms with E-state index in [0.29, 0.717) is 5.91 Å². The molecule has 1 amide bonds. The largest absolute Gasteiger partial charge is 0.356 e. The highest BCUT2D eigenvalue weighted by Gasteiger charge is 2.40. The van der Waals surface area contributed by atoms with Gasteiger partial charge in [0.25, 0.3) is 0 Å². The number of carbonyl (C=O) groups is 1. The Kier molecular flexibility index (Phi) is 4.89. The number of fused-ring (bicyclic) bond motifs is 1. The van der Waals surface area contributed by atoms with Crippen molar-refractivity contribution >= 4 is 23.5 Å². The maximum Gasteiger partial charge on any atom is 0.225 e. The fourth-order valence-electron chi connectivity index (χ4n) is 4.81. The molecule has 1 aliphatic carbocycles. The Labute approximate surface area is 154 Å². The molecule has 0 spiro atoms. The lowest BCUT2D eigenvalue weighted by Crippen LogP contribution is -2.42. The normalized spacial score (nSPS) is 27.0. The van der Waals surface area contributed by atoms with Gasteiger partial charge in [0.2, 0.25) is 5.91 Å². The Hall–Kier alpha value is -1.30. The Morgan fingerprint density at radius 1 is 1.12 bits per heavy atom. The number of hydrogen-bond donors (Lipinski definition) is 0. The average molecular weight is 361 g/mol. The summed E-state index contributed by atoms with van der Waals surface area (Å²) in [5.41, 5.74) is 1.01. The van der Waals surface area contributed by atoms with Gasteiger partial charge in [-0.05, 0) is 50.7 Å². The van der Waals surface area contributed by atoms with Crippen LogP contribution in [0.2, 0.25) is 0 Å². The number of carbonyl (C=O) groups excluding carboxylic acids is 1. The molecule has 3 fully saturated rings. The second kappa shape index (κ2) is 7.14. The molecule has 0 bridgehead atoms. The molecule has 2 saturated heterocycles. The molecule has 136 valence electrons. The van der Waals surface area contributed by atoms with E-state index in [2.05, 4.69) is 25.8 Å². The zero-order valence-corrected chi connectivity index (χ0v) is 16.1. The van der Waals surface area contributed by atoms with E-state index in [9.17, 15) is 4.79 Å². The first kappa shape index (κ1) is 17.1. The summed E-state index contributed by atoms with van der Waals surface area (Å²) in [4.78, 5) is 26.5. The maximum atomic E-state index is 12.9. The second-order valence-electron chi connectivity index (χ2n) is 7.81. The molecule has 6 heteroatoms. The number of nitrogens with zero attached hydrogens (tertiary/aromatic N) is 4. The molecule has 2 atom stereocenters. The van der Waals surface area contributed by atoms with E-state index in [1.54, 1.807) is 11.8 Å². The van der Waals surface area contributed by atoms with Crippen LogP contribution in [0.3, 0.4) is 0 Å². The van der Waals surface area contributed by atoms with Crippen LogP contribution in [0.1, 0.15) is 37.8 Å². The Morgan fingerprint density at radius 2 is 1.80 bits per heavy atom. The van der Waals surface area contributed by atoms with Crippen LogP contribution < -0.4 is 4.90 Å². The molecule has 1 saturated carbocycles. The number of likely N-dealkylation sites (tertiary alicyclic amines) is 1. The fraction of sp³-hybridized carbons (Fsp3) is 0.737. The Morgan fingerprint density at radius 3 is 2.44 bits per heavy atom. The van der Waals surface area contributed by atoms with E-state index in [1.165, 1.54) is 19.3 Å². The van der Waals surface area contributed by atoms with E-state index in [-0.39, 0.29) is 5.92 Å². The first-order valence-electron chi connectivity index (χ1n) is 9.57. The number of thioether (sulfide) groups is 1. The second-order valence-corrected chi connectivity index (χ2v) is 8.58. The molecular weight excluding hydrogens is 332 g/mol. The molecule has 3 aliphatic rings. The van der Waals surface area contributed by atoms with Crippen LogP contribution in [-0.2, 0) is 4.79 Å². The Balaban J connectivity index is 1.35. The minimum absolute atomic E-state index is 0.207. The van der Waals surface area contributed by atoms with Crippen LogP contribution >= 0.6 is 11.8 Å². The molecule has 2 aliphatic heterocycles. The number of hydrogen-bond acceptors (Lipinski definition) is 5. The van der Waals surface area contributed by atoms with Gasteiger partial charge in [-0.3, -0.25) is 4.79 Å². The molecule has 25 heavy (non-hydrogen) atoms. The number of aromatic nitrogens is 2. The molecule has 1 aromatic heterocycles. The smallest absolute Gasteiger partial charge is 0.225 e. The van der Waals surface area contributed by atoms with Gasteiger partial charge in [-0.25, -0.2) is 9.97 Å². The van der Waals surface area contributed by atoms with Crippen molar-refractivity contribution in [1.29, 1.82) is 0 Å². The molecule has 1 aromatic rings. The predicted octanol–water partition coefficient (Wildman–Crippen LogP) is 2.98. The van der Waals surface area contributed by atoms with Gasteiger partial charge in [0, 0.05) is 43.9 Å². The highest BCUT2D eigenvalue weighted by Crippen LogP contribution is 2.38. The number of rotatable bonds is 3. The minimum atomic E-state index is 0.207. The van der Waals surface area contributed by atoms with Gasteiger partial charge in [-0.15, -0.1) is 0 Å². The first-order valence-corrected chi connectivity index (χ1v) is 10.8. The molecule has 0 N–H and O–H groups in total. The minimum Gasteiger partial charge on any atom is -0.356 e. The predicted molar refractivity (Wildman–Crippen MR) is 101 cm³/mol. The summed E-state index contributed by atoms with van der Waals surface area (Å²) in [6, 6.07) is 2.06. The summed E-state index contributed by atoms with van der Waals surface area (Å²) in [6.07, 6.45) is 7.93. The van der Waals surface area contributed by atoms with Gasteiger partial charge in [-0.2, -0.15) is 0 Å². The van der Waals surface area contributed by atoms with Gasteiger partial charge >= 0.3 is 0 Å². The van der Waals surface area contributed by atoms with E-state index in [0.717, 1.165) is 67.5 Å². The molecule has 5 nitrogen and oxygen atoms in total. The lowest BCUT2D eigenvalue weighted by molar-refractivity contribution is -0.135. The highest BCUT2D eigenvalue weighted by atomic mass is 32.2. The van der Waals surface area contributed by atoms with Crippen molar-refractivity contribution < 1.29 is 4.79 Å². The first-order chi connectivity index (χ1) is 12.1. The van der Waals surface area contributed by atoms with E-state index in [1.807, 2.05) is 13.2 Å². The zero-order valence-electron chi connectivity index (χ0n) is 15.3. The van der Waals surface area contributed by atoms with Crippen molar-refractivity contribution in [3.05, 3.63) is 11.8 Å². The summed E-state index contributed by atoms with van der Waals surface area (Å²) in [7, 11) is 0. The molecule has 3 heterocycles. The van der Waals surface area contributed by atoms with Gasteiger partial charge < -0.3 is 9.80 Å². The maximum absolute atomic E-state index is 12.9. The highest BCUT2D eigenvalue weighted by molar-refractivity contribution is 7.98. The molecule has 0 aromatic carbocycles. The summed E-state index contributed by atoms with van der Waals surface area (Å²) in [5, 5.41) is 0.830. The number of amides is 1. The van der Waals surface area contributed by atoms with Gasteiger partial charge in [0.1, 0.15) is 5.82 Å². The van der Waals surface area contributed by atoms with E-state index in [4.69, 9.17) is 0 Å². The summed E-state index contributed by atoms with van der Waals surface area (Å²) < 4.78 is 0. The van der Waals surface area contributed by atoms with E-state index >= 15 is 0 Å². The third kappa shape index (κ3) is 3.50. The monoisotopic (exact) mass is 360 g/mol. The van der Waals surface area contributed by atoms with Gasteiger partial charge in [0.15, 0.2) is 5.16 Å². The number of piperidine rings is 1. The van der Waals surface area contributed by atoms with Crippen molar-refractivity contribution in [2.45, 2.75) is 44.2 Å². The standard InChI is InChI=1S/C19H28N4OS/c1-13-10-17(21-19(20-13)25-2)22-8-6-14(7-9-22)18(24)23-11-15-4-3-5-16(15)12-23/h10,14-16H,3-9,11-12H2,1-2H3. The number of aryl methyl sites for hydroxylation is 1. The molecule has 4 rings (SSSR count). The van der Waals surface area contributed by atoms with Crippen LogP contribution in [-0.4, -0.2) is 53.2 Å². The topological polar surface area (TPSA) is 49.3 Å². The van der Waals surface area contributed by atoms with Crippen LogP contribution in [0.15, 0.2) is 11.2 Å². The van der Waals surface area contributed by atoms with Gasteiger partial charge in [0.05, 0.1) is 0 Å². The number of anilines is 1. The fourth-order valence-corrected chi connectivity index (χ4v) is 5.23. The van der Waals surface area contributed by atoms with Crippen LogP contribution in [0, 0.1) is 24.7 Å². The quantitative estimate of drug-likeness (QED) is 0.613. The van der Waals surface area contributed by atoms with Crippen molar-refractivity contribution in [3.8, 4) is 0 Å². The Bertz CT molecular complexity index is 632. The van der Waals surface area contributed by atoms with Crippen LogP contribution in [0.25, 0.3) is 0 Å².